The number of hydrogen-bond donors (Lipinski definition) is 3. The summed E-state index contributed by atoms with van der Waals surface area (Å²) in [6, 6.07) is 7.92. The van der Waals surface area contributed by atoms with E-state index < -0.39 is 0 Å². The number of carbonyl (C=O) groups excluding carboxylic acids is 1. The van der Waals surface area contributed by atoms with Crippen LogP contribution < -0.4 is 16.2 Å². The van der Waals surface area contributed by atoms with Gasteiger partial charge in [0.1, 0.15) is 0 Å². The number of amides is 1. The summed E-state index contributed by atoms with van der Waals surface area (Å²) >= 11 is 0. The Morgan fingerprint density at radius 1 is 1.19 bits per heavy atom. The van der Waals surface area contributed by atoms with E-state index in [0.29, 0.717) is 12.0 Å². The fourth-order valence-corrected chi connectivity index (χ4v) is 4.13. The Labute approximate surface area is 158 Å². The summed E-state index contributed by atoms with van der Waals surface area (Å²) < 4.78 is 0. The Morgan fingerprint density at radius 2 is 2.04 bits per heavy atom. The number of nitrogens with zero attached hydrogens (tertiary/aromatic N) is 1. The highest BCUT2D eigenvalue weighted by Gasteiger charge is 2.19. The molecule has 6 heteroatoms. The van der Waals surface area contributed by atoms with Gasteiger partial charge in [-0.2, -0.15) is 5.10 Å². The molecule has 2 heterocycles. The zero-order valence-electron chi connectivity index (χ0n) is 15.5. The molecule has 0 spiro atoms. The highest BCUT2D eigenvalue weighted by Crippen LogP contribution is 2.22. The molecule has 1 amide bonds. The molecule has 0 saturated carbocycles. The lowest BCUT2D eigenvalue weighted by Gasteiger charge is -2.23. The molecule has 1 aromatic carbocycles. The van der Waals surface area contributed by atoms with Crippen LogP contribution >= 0.6 is 0 Å². The first-order valence-corrected chi connectivity index (χ1v) is 9.90. The molecule has 6 nitrogen and oxygen atoms in total. The number of rotatable bonds is 4. The molecule has 4 rings (SSSR count). The van der Waals surface area contributed by atoms with Crippen LogP contribution in [0.25, 0.3) is 0 Å². The predicted molar refractivity (Wildman–Crippen MR) is 104 cm³/mol. The van der Waals surface area contributed by atoms with Crippen LogP contribution in [0.15, 0.2) is 29.1 Å². The fraction of sp³-hybridized carbons (Fsp3) is 0.476. The van der Waals surface area contributed by atoms with Gasteiger partial charge in [-0.25, -0.2) is 5.10 Å². The minimum absolute atomic E-state index is 0.0259. The molecule has 2 aliphatic rings. The molecule has 1 aromatic heterocycles. The third-order valence-corrected chi connectivity index (χ3v) is 5.58. The molecular formula is C21H26N4O2. The molecule has 1 fully saturated rings. The maximum atomic E-state index is 12.6. The van der Waals surface area contributed by atoms with E-state index in [0.717, 1.165) is 74.0 Å². The van der Waals surface area contributed by atoms with Crippen molar-refractivity contribution >= 4 is 5.91 Å². The van der Waals surface area contributed by atoms with Gasteiger partial charge in [-0.15, -0.1) is 0 Å². The smallest absolute Gasteiger partial charge is 0.267 e. The molecular weight excluding hydrogens is 340 g/mol. The second kappa shape index (κ2) is 8.05. The number of aromatic nitrogens is 2. The second-order valence-electron chi connectivity index (χ2n) is 7.56. The van der Waals surface area contributed by atoms with Crippen LogP contribution in [0, 0.1) is 0 Å². The van der Waals surface area contributed by atoms with Gasteiger partial charge in [0.05, 0.1) is 5.69 Å². The molecule has 0 bridgehead atoms. The van der Waals surface area contributed by atoms with Gasteiger partial charge < -0.3 is 10.6 Å². The Bertz CT molecular complexity index is 884. The maximum Gasteiger partial charge on any atom is 0.267 e. The largest absolute Gasteiger partial charge is 0.348 e. The minimum atomic E-state index is -0.0531. The van der Waals surface area contributed by atoms with Crippen molar-refractivity contribution in [2.24, 2.45) is 0 Å². The summed E-state index contributed by atoms with van der Waals surface area (Å²) in [5.74, 6) is -0.0259. The lowest BCUT2D eigenvalue weighted by molar-refractivity contribution is 0.0930. The van der Waals surface area contributed by atoms with E-state index in [4.69, 9.17) is 0 Å². The fourth-order valence-electron chi connectivity index (χ4n) is 4.13. The summed E-state index contributed by atoms with van der Waals surface area (Å²) in [5.41, 5.74) is 4.59. The van der Waals surface area contributed by atoms with Crippen LogP contribution in [0.2, 0.25) is 0 Å². The van der Waals surface area contributed by atoms with Crippen molar-refractivity contribution in [3.63, 3.8) is 0 Å². The van der Waals surface area contributed by atoms with Crippen LogP contribution in [-0.4, -0.2) is 35.2 Å². The van der Waals surface area contributed by atoms with Gasteiger partial charge in [-0.3, -0.25) is 9.59 Å². The van der Waals surface area contributed by atoms with Gasteiger partial charge in [0.15, 0.2) is 0 Å². The zero-order valence-corrected chi connectivity index (χ0v) is 15.5. The number of H-pyrrole nitrogens is 1. The molecule has 1 atom stereocenters. The van der Waals surface area contributed by atoms with E-state index in [1.807, 2.05) is 24.3 Å². The SMILES string of the molecule is O=C(NC1CCCNC1)c1cccc(Cc2n[nH]c(=O)c3c2CCCC3)c1. The summed E-state index contributed by atoms with van der Waals surface area (Å²) in [6.45, 7) is 1.86. The van der Waals surface area contributed by atoms with Crippen molar-refractivity contribution < 1.29 is 4.79 Å². The summed E-state index contributed by atoms with van der Waals surface area (Å²) in [7, 11) is 0. The van der Waals surface area contributed by atoms with Gasteiger partial charge in [0.2, 0.25) is 0 Å². The minimum Gasteiger partial charge on any atom is -0.348 e. The third-order valence-electron chi connectivity index (χ3n) is 5.58. The normalized spacial score (nSPS) is 19.3. The molecule has 3 N–H and O–H groups in total. The zero-order chi connectivity index (χ0) is 18.6. The number of aromatic amines is 1. The van der Waals surface area contributed by atoms with Crippen molar-refractivity contribution in [1.82, 2.24) is 20.8 Å². The van der Waals surface area contributed by atoms with Crippen molar-refractivity contribution in [3.8, 4) is 0 Å². The summed E-state index contributed by atoms with van der Waals surface area (Å²) in [5, 5.41) is 13.4. The van der Waals surface area contributed by atoms with Gasteiger partial charge in [-0.05, 0) is 68.3 Å². The number of benzene rings is 1. The first kappa shape index (κ1) is 17.9. The first-order chi connectivity index (χ1) is 13.2. The van der Waals surface area contributed by atoms with Gasteiger partial charge in [0.25, 0.3) is 11.5 Å². The lowest BCUT2D eigenvalue weighted by atomic mass is 9.90. The molecule has 0 radical (unpaired) electrons. The monoisotopic (exact) mass is 366 g/mol. The highest BCUT2D eigenvalue weighted by atomic mass is 16.1. The predicted octanol–water partition coefficient (Wildman–Crippen LogP) is 1.72. The van der Waals surface area contributed by atoms with E-state index in [-0.39, 0.29) is 17.5 Å². The first-order valence-electron chi connectivity index (χ1n) is 9.90. The lowest BCUT2D eigenvalue weighted by Crippen LogP contribution is -2.45. The topological polar surface area (TPSA) is 86.9 Å². The number of hydrogen-bond acceptors (Lipinski definition) is 4. The Hall–Kier alpha value is -2.47. The number of piperidine rings is 1. The molecule has 2 aromatic rings. The molecule has 1 unspecified atom stereocenters. The van der Waals surface area contributed by atoms with Crippen molar-refractivity contribution in [1.29, 1.82) is 0 Å². The molecule has 27 heavy (non-hydrogen) atoms. The average molecular weight is 366 g/mol. The summed E-state index contributed by atoms with van der Waals surface area (Å²) in [4.78, 5) is 24.6. The Balaban J connectivity index is 1.51. The molecule has 142 valence electrons. The van der Waals surface area contributed by atoms with E-state index >= 15 is 0 Å². The number of carbonyl (C=O) groups is 1. The Morgan fingerprint density at radius 3 is 2.85 bits per heavy atom. The second-order valence-corrected chi connectivity index (χ2v) is 7.56. The standard InChI is InChI=1S/C21H26N4O2/c26-20(23-16-7-4-10-22-13-16)15-6-3-5-14(11-15)12-19-17-8-1-2-9-18(17)21(27)25-24-19/h3,5-6,11,16,22H,1-2,4,7-10,12-13H2,(H,23,26)(H,25,27). The van der Waals surface area contributed by atoms with Gasteiger partial charge in [-0.1, -0.05) is 12.1 Å². The van der Waals surface area contributed by atoms with Crippen LogP contribution in [0.5, 0.6) is 0 Å². The van der Waals surface area contributed by atoms with Crippen molar-refractivity contribution in [2.45, 2.75) is 51.0 Å². The van der Waals surface area contributed by atoms with E-state index in [9.17, 15) is 9.59 Å². The van der Waals surface area contributed by atoms with Crippen LogP contribution in [0.3, 0.4) is 0 Å². The quantitative estimate of drug-likeness (QED) is 0.769. The van der Waals surface area contributed by atoms with Crippen molar-refractivity contribution in [3.05, 3.63) is 62.6 Å². The molecule has 1 aliphatic carbocycles. The van der Waals surface area contributed by atoms with Gasteiger partial charge >= 0.3 is 0 Å². The number of fused-ring (bicyclic) bond motifs is 1. The van der Waals surface area contributed by atoms with Crippen LogP contribution in [0.4, 0.5) is 0 Å². The Kier molecular flexibility index (Phi) is 5.34. The van der Waals surface area contributed by atoms with E-state index in [1.54, 1.807) is 0 Å². The summed E-state index contributed by atoms with van der Waals surface area (Å²) in [6.07, 6.45) is 6.65. The van der Waals surface area contributed by atoms with E-state index in [2.05, 4.69) is 20.8 Å². The maximum absolute atomic E-state index is 12.6. The third kappa shape index (κ3) is 4.11. The molecule has 1 saturated heterocycles. The average Bonchev–Trinajstić information content (AvgIpc) is 2.71. The highest BCUT2D eigenvalue weighted by molar-refractivity contribution is 5.94. The van der Waals surface area contributed by atoms with Crippen LogP contribution in [0.1, 0.15) is 58.4 Å². The molecule has 1 aliphatic heterocycles. The van der Waals surface area contributed by atoms with E-state index in [1.165, 1.54) is 0 Å². The van der Waals surface area contributed by atoms with Gasteiger partial charge in [0, 0.05) is 30.1 Å². The number of nitrogens with one attached hydrogen (secondary N) is 3. The van der Waals surface area contributed by atoms with Crippen LogP contribution in [-0.2, 0) is 19.3 Å². The van der Waals surface area contributed by atoms with Crippen molar-refractivity contribution in [2.75, 3.05) is 13.1 Å².